The number of benzene rings is 1. The molecule has 2 rings (SSSR count). The quantitative estimate of drug-likeness (QED) is 0.851. The summed E-state index contributed by atoms with van der Waals surface area (Å²) < 4.78 is 12.8. The van der Waals surface area contributed by atoms with E-state index in [0.717, 1.165) is 35.9 Å². The number of nitrogens with zero attached hydrogens (tertiary/aromatic N) is 2. The first kappa shape index (κ1) is 15.4. The molecule has 2 N–H and O–H groups in total. The zero-order chi connectivity index (χ0) is 15.2. The highest BCUT2D eigenvalue weighted by Crippen LogP contribution is 2.29. The van der Waals surface area contributed by atoms with Gasteiger partial charge in [-0.3, -0.25) is 0 Å². The summed E-state index contributed by atoms with van der Waals surface area (Å²) in [5.41, 5.74) is 7.31. The molecule has 1 atom stereocenters. The summed E-state index contributed by atoms with van der Waals surface area (Å²) in [5.74, 6) is 2.51. The Kier molecular flexibility index (Phi) is 5.22. The Morgan fingerprint density at radius 1 is 1.29 bits per heavy atom. The number of nitrogens with two attached hydrogens (primary N) is 1. The minimum atomic E-state index is -0.163. The molecule has 2 aromatic rings. The molecule has 0 saturated heterocycles. The molecule has 1 aromatic carbocycles. The lowest BCUT2D eigenvalue weighted by atomic mass is 10.0. The summed E-state index contributed by atoms with van der Waals surface area (Å²) in [7, 11) is 3.28. The van der Waals surface area contributed by atoms with Crippen molar-refractivity contribution in [3.8, 4) is 11.5 Å². The fraction of sp³-hybridized carbons (Fsp3) is 0.438. The second-order valence-electron chi connectivity index (χ2n) is 4.96. The van der Waals surface area contributed by atoms with Crippen molar-refractivity contribution < 1.29 is 9.47 Å². The first-order chi connectivity index (χ1) is 10.2. The van der Waals surface area contributed by atoms with E-state index in [4.69, 9.17) is 15.2 Å². The second kappa shape index (κ2) is 7.13. The van der Waals surface area contributed by atoms with E-state index in [1.807, 2.05) is 30.6 Å². The summed E-state index contributed by atoms with van der Waals surface area (Å²) >= 11 is 0. The van der Waals surface area contributed by atoms with E-state index >= 15 is 0 Å². The van der Waals surface area contributed by atoms with Crippen LogP contribution in [0.1, 0.15) is 30.8 Å². The van der Waals surface area contributed by atoms with E-state index in [1.165, 1.54) is 0 Å². The zero-order valence-electron chi connectivity index (χ0n) is 12.9. The highest BCUT2D eigenvalue weighted by atomic mass is 16.5. The first-order valence-electron chi connectivity index (χ1n) is 7.17. The normalized spacial score (nSPS) is 12.2. The standard InChI is InChI=1S/C16H23N3O2/c1-4-8-19-9-7-18-16(19)11-14(17)13-6-5-12(20-2)10-15(13)21-3/h5-7,9-10,14H,4,8,11,17H2,1-3H3. The Hall–Kier alpha value is -2.01. The van der Waals surface area contributed by atoms with E-state index in [1.54, 1.807) is 14.2 Å². The van der Waals surface area contributed by atoms with Crippen molar-refractivity contribution in [2.45, 2.75) is 32.4 Å². The molecule has 5 nitrogen and oxygen atoms in total. The molecule has 0 spiro atoms. The highest BCUT2D eigenvalue weighted by molar-refractivity contribution is 5.42. The molecule has 5 heteroatoms. The number of rotatable bonds is 7. The molecule has 1 aromatic heterocycles. The average Bonchev–Trinajstić information content (AvgIpc) is 2.94. The maximum Gasteiger partial charge on any atom is 0.127 e. The van der Waals surface area contributed by atoms with Crippen molar-refractivity contribution in [1.82, 2.24) is 9.55 Å². The smallest absolute Gasteiger partial charge is 0.127 e. The van der Waals surface area contributed by atoms with Gasteiger partial charge in [0.05, 0.1) is 14.2 Å². The number of hydrogen-bond acceptors (Lipinski definition) is 4. The summed E-state index contributed by atoms with van der Waals surface area (Å²) in [6, 6.07) is 5.54. The maximum atomic E-state index is 6.35. The molecule has 0 amide bonds. The molecule has 114 valence electrons. The van der Waals surface area contributed by atoms with Crippen molar-refractivity contribution in [2.75, 3.05) is 14.2 Å². The van der Waals surface area contributed by atoms with Gasteiger partial charge in [0.25, 0.3) is 0 Å². The van der Waals surface area contributed by atoms with E-state index in [2.05, 4.69) is 16.5 Å². The van der Waals surface area contributed by atoms with Gasteiger partial charge in [-0.2, -0.15) is 0 Å². The average molecular weight is 289 g/mol. The van der Waals surface area contributed by atoms with Gasteiger partial charge >= 0.3 is 0 Å². The van der Waals surface area contributed by atoms with Crippen LogP contribution in [0.15, 0.2) is 30.6 Å². The number of aryl methyl sites for hydroxylation is 1. The van der Waals surface area contributed by atoms with Crippen LogP contribution in [0.25, 0.3) is 0 Å². The van der Waals surface area contributed by atoms with Crippen LogP contribution in [-0.2, 0) is 13.0 Å². The topological polar surface area (TPSA) is 62.3 Å². The predicted molar refractivity (Wildman–Crippen MR) is 82.7 cm³/mol. The summed E-state index contributed by atoms with van der Waals surface area (Å²) in [4.78, 5) is 4.41. The monoisotopic (exact) mass is 289 g/mol. The molecule has 0 bridgehead atoms. The molecular formula is C16H23N3O2. The van der Waals surface area contributed by atoms with Crippen LogP contribution < -0.4 is 15.2 Å². The van der Waals surface area contributed by atoms with Gasteiger partial charge in [0.1, 0.15) is 17.3 Å². The van der Waals surface area contributed by atoms with Gasteiger partial charge in [0.2, 0.25) is 0 Å². The van der Waals surface area contributed by atoms with Crippen molar-refractivity contribution in [3.05, 3.63) is 42.0 Å². The van der Waals surface area contributed by atoms with Crippen molar-refractivity contribution in [3.63, 3.8) is 0 Å². The summed E-state index contributed by atoms with van der Waals surface area (Å²) in [5, 5.41) is 0. The largest absolute Gasteiger partial charge is 0.497 e. The molecule has 1 unspecified atom stereocenters. The Bertz CT molecular complexity index is 581. The van der Waals surface area contributed by atoms with E-state index in [0.29, 0.717) is 6.42 Å². The lowest BCUT2D eigenvalue weighted by Crippen LogP contribution is -2.17. The lowest BCUT2D eigenvalue weighted by molar-refractivity contribution is 0.388. The van der Waals surface area contributed by atoms with Crippen LogP contribution in [-0.4, -0.2) is 23.8 Å². The fourth-order valence-corrected chi connectivity index (χ4v) is 2.41. The van der Waals surface area contributed by atoms with Gasteiger partial charge in [0, 0.05) is 43.0 Å². The van der Waals surface area contributed by atoms with Crippen molar-refractivity contribution in [2.24, 2.45) is 5.73 Å². The molecule has 0 radical (unpaired) electrons. The SMILES string of the molecule is CCCn1ccnc1CC(N)c1ccc(OC)cc1OC. The number of methoxy groups -OCH3 is 2. The van der Waals surface area contributed by atoms with Gasteiger partial charge in [-0.05, 0) is 12.5 Å². The Morgan fingerprint density at radius 2 is 2.10 bits per heavy atom. The maximum absolute atomic E-state index is 6.35. The number of imidazole rings is 1. The van der Waals surface area contributed by atoms with Gasteiger partial charge in [0.15, 0.2) is 0 Å². The molecule has 0 saturated carbocycles. The van der Waals surface area contributed by atoms with Gasteiger partial charge in [-0.15, -0.1) is 0 Å². The van der Waals surface area contributed by atoms with Crippen LogP contribution in [0.5, 0.6) is 11.5 Å². The van der Waals surface area contributed by atoms with E-state index < -0.39 is 0 Å². The van der Waals surface area contributed by atoms with Crippen LogP contribution in [0, 0.1) is 0 Å². The Labute approximate surface area is 125 Å². The minimum absolute atomic E-state index is 0.163. The van der Waals surface area contributed by atoms with Gasteiger partial charge in [-0.25, -0.2) is 4.98 Å². The molecular weight excluding hydrogens is 266 g/mol. The molecule has 21 heavy (non-hydrogen) atoms. The molecule has 0 fully saturated rings. The van der Waals surface area contributed by atoms with Crippen LogP contribution in [0.3, 0.4) is 0 Å². The number of hydrogen-bond donors (Lipinski definition) is 1. The van der Waals surface area contributed by atoms with E-state index in [-0.39, 0.29) is 6.04 Å². The van der Waals surface area contributed by atoms with Gasteiger partial charge < -0.3 is 19.8 Å². The zero-order valence-corrected chi connectivity index (χ0v) is 12.9. The summed E-state index contributed by atoms with van der Waals surface area (Å²) in [6.45, 7) is 3.11. The number of aromatic nitrogens is 2. The van der Waals surface area contributed by atoms with Crippen LogP contribution in [0.2, 0.25) is 0 Å². The predicted octanol–water partition coefficient (Wildman–Crippen LogP) is 2.55. The first-order valence-corrected chi connectivity index (χ1v) is 7.17. The fourth-order valence-electron chi connectivity index (χ4n) is 2.41. The second-order valence-corrected chi connectivity index (χ2v) is 4.96. The van der Waals surface area contributed by atoms with Crippen LogP contribution in [0.4, 0.5) is 0 Å². The molecule has 0 aliphatic carbocycles. The Morgan fingerprint density at radius 3 is 2.76 bits per heavy atom. The minimum Gasteiger partial charge on any atom is -0.497 e. The summed E-state index contributed by atoms with van der Waals surface area (Å²) in [6.07, 6.45) is 5.57. The van der Waals surface area contributed by atoms with Gasteiger partial charge in [-0.1, -0.05) is 13.0 Å². The third-order valence-corrected chi connectivity index (χ3v) is 3.51. The third-order valence-electron chi connectivity index (χ3n) is 3.51. The van der Waals surface area contributed by atoms with Crippen molar-refractivity contribution in [1.29, 1.82) is 0 Å². The Balaban J connectivity index is 2.19. The third kappa shape index (κ3) is 3.55. The number of ether oxygens (including phenoxy) is 2. The highest BCUT2D eigenvalue weighted by Gasteiger charge is 2.16. The van der Waals surface area contributed by atoms with Crippen LogP contribution >= 0.6 is 0 Å². The molecule has 0 aliphatic rings. The lowest BCUT2D eigenvalue weighted by Gasteiger charge is -2.17. The molecule has 0 aliphatic heterocycles. The van der Waals surface area contributed by atoms with E-state index in [9.17, 15) is 0 Å². The molecule has 1 heterocycles. The van der Waals surface area contributed by atoms with Crippen molar-refractivity contribution >= 4 is 0 Å².